The van der Waals surface area contributed by atoms with E-state index in [2.05, 4.69) is 10.5 Å². The van der Waals surface area contributed by atoms with Gasteiger partial charge in [-0.2, -0.15) is 0 Å². The molecular formula is C21H23N3O3. The van der Waals surface area contributed by atoms with Crippen molar-refractivity contribution in [3.05, 3.63) is 71.1 Å². The van der Waals surface area contributed by atoms with Crippen LogP contribution in [0.2, 0.25) is 0 Å². The van der Waals surface area contributed by atoms with Crippen LogP contribution in [-0.2, 0) is 6.61 Å². The van der Waals surface area contributed by atoms with Gasteiger partial charge in [0.05, 0.1) is 16.8 Å². The molecule has 0 atom stereocenters. The molecule has 140 valence electrons. The lowest BCUT2D eigenvalue weighted by Gasteiger charge is -2.14. The minimum absolute atomic E-state index is 0.220. The maximum atomic E-state index is 12.7. The molecule has 3 aromatic rings. The van der Waals surface area contributed by atoms with Crippen LogP contribution in [0.3, 0.4) is 0 Å². The zero-order chi connectivity index (χ0) is 19.4. The second-order valence-corrected chi connectivity index (χ2v) is 6.48. The zero-order valence-corrected chi connectivity index (χ0v) is 15.9. The molecule has 1 aromatic heterocycles. The molecule has 1 N–H and O–H groups in total. The van der Waals surface area contributed by atoms with Crippen LogP contribution in [0.15, 0.2) is 53.1 Å². The molecule has 27 heavy (non-hydrogen) atoms. The fourth-order valence-corrected chi connectivity index (χ4v) is 2.68. The van der Waals surface area contributed by atoms with Gasteiger partial charge in [0, 0.05) is 25.5 Å². The number of rotatable bonds is 6. The summed E-state index contributed by atoms with van der Waals surface area (Å²) in [5, 5.41) is 6.84. The van der Waals surface area contributed by atoms with Crippen molar-refractivity contribution in [3.63, 3.8) is 0 Å². The molecule has 0 aliphatic heterocycles. The Morgan fingerprint density at radius 2 is 1.81 bits per heavy atom. The number of benzene rings is 2. The zero-order valence-electron chi connectivity index (χ0n) is 15.9. The van der Waals surface area contributed by atoms with Crippen molar-refractivity contribution in [2.45, 2.75) is 20.5 Å². The summed E-state index contributed by atoms with van der Waals surface area (Å²) in [6, 6.07) is 14.8. The molecule has 0 radical (unpaired) electrons. The van der Waals surface area contributed by atoms with Crippen molar-refractivity contribution in [1.82, 2.24) is 5.16 Å². The molecule has 0 saturated carbocycles. The Morgan fingerprint density at radius 3 is 2.44 bits per heavy atom. The maximum Gasteiger partial charge on any atom is 0.259 e. The summed E-state index contributed by atoms with van der Waals surface area (Å²) in [6.45, 7) is 4.00. The van der Waals surface area contributed by atoms with Gasteiger partial charge in [-0.25, -0.2) is 0 Å². The molecule has 0 spiro atoms. The fourth-order valence-electron chi connectivity index (χ4n) is 2.68. The van der Waals surface area contributed by atoms with Crippen LogP contribution in [0, 0.1) is 13.8 Å². The number of aromatic nitrogens is 1. The summed E-state index contributed by atoms with van der Waals surface area (Å²) in [7, 11) is 3.94. The van der Waals surface area contributed by atoms with Crippen molar-refractivity contribution in [3.8, 4) is 5.75 Å². The minimum Gasteiger partial charge on any atom is -0.488 e. The van der Waals surface area contributed by atoms with E-state index in [1.807, 2.05) is 69.2 Å². The number of amides is 1. The van der Waals surface area contributed by atoms with Crippen LogP contribution >= 0.6 is 0 Å². The lowest BCUT2D eigenvalue weighted by molar-refractivity contribution is 0.102. The number of ether oxygens (including phenoxy) is 1. The standard InChI is InChI=1S/C21H23N3O3/c1-14-19(15(2)27-23-14)13-26-20-8-6-5-7-18(20)21(25)22-16-9-11-17(12-10-16)24(3)4/h5-12H,13H2,1-4H3,(H,22,25). The summed E-state index contributed by atoms with van der Waals surface area (Å²) in [5.41, 5.74) is 3.95. The normalized spacial score (nSPS) is 10.5. The van der Waals surface area contributed by atoms with Gasteiger partial charge in [-0.15, -0.1) is 0 Å². The first-order valence-corrected chi connectivity index (χ1v) is 8.68. The Labute approximate surface area is 158 Å². The first-order chi connectivity index (χ1) is 13.0. The van der Waals surface area contributed by atoms with Crippen molar-refractivity contribution in [2.24, 2.45) is 0 Å². The summed E-state index contributed by atoms with van der Waals surface area (Å²) in [6.07, 6.45) is 0. The maximum absolute atomic E-state index is 12.7. The average Bonchev–Trinajstić information content (AvgIpc) is 2.98. The molecule has 1 heterocycles. The second kappa shape index (κ2) is 7.95. The van der Waals surface area contributed by atoms with Gasteiger partial charge in [0.25, 0.3) is 5.91 Å². The molecule has 6 nitrogen and oxygen atoms in total. The fraction of sp³-hybridized carbons (Fsp3) is 0.238. The van der Waals surface area contributed by atoms with E-state index in [0.29, 0.717) is 17.9 Å². The highest BCUT2D eigenvalue weighted by atomic mass is 16.5. The summed E-state index contributed by atoms with van der Waals surface area (Å²) in [5.74, 6) is 1.01. The molecule has 3 rings (SSSR count). The van der Waals surface area contributed by atoms with E-state index in [9.17, 15) is 4.79 Å². The molecule has 0 bridgehead atoms. The SMILES string of the molecule is Cc1noc(C)c1COc1ccccc1C(=O)Nc1ccc(N(C)C)cc1. The van der Waals surface area contributed by atoms with Crippen LogP contribution in [0.25, 0.3) is 0 Å². The lowest BCUT2D eigenvalue weighted by Crippen LogP contribution is -2.14. The monoisotopic (exact) mass is 365 g/mol. The van der Waals surface area contributed by atoms with Crippen LogP contribution in [0.5, 0.6) is 5.75 Å². The first kappa shape index (κ1) is 18.5. The number of anilines is 2. The smallest absolute Gasteiger partial charge is 0.259 e. The molecule has 0 saturated heterocycles. The molecule has 0 aliphatic rings. The summed E-state index contributed by atoms with van der Waals surface area (Å²) in [4.78, 5) is 14.7. The minimum atomic E-state index is -0.220. The summed E-state index contributed by atoms with van der Waals surface area (Å²) >= 11 is 0. The topological polar surface area (TPSA) is 67.6 Å². The van der Waals surface area contributed by atoms with E-state index in [1.54, 1.807) is 12.1 Å². The molecule has 2 aromatic carbocycles. The number of nitrogens with zero attached hydrogens (tertiary/aromatic N) is 2. The second-order valence-electron chi connectivity index (χ2n) is 6.48. The van der Waals surface area contributed by atoms with Gasteiger partial charge in [-0.05, 0) is 50.2 Å². The molecule has 0 fully saturated rings. The Balaban J connectivity index is 1.73. The average molecular weight is 365 g/mol. The third kappa shape index (κ3) is 4.28. The van der Waals surface area contributed by atoms with Gasteiger partial charge >= 0.3 is 0 Å². The number of carbonyl (C=O) groups excluding carboxylic acids is 1. The van der Waals surface area contributed by atoms with Crippen LogP contribution in [0.1, 0.15) is 27.4 Å². The van der Waals surface area contributed by atoms with E-state index >= 15 is 0 Å². The Hall–Kier alpha value is -3.28. The third-order valence-electron chi connectivity index (χ3n) is 4.33. The van der Waals surface area contributed by atoms with E-state index < -0.39 is 0 Å². The number of aryl methyl sites for hydroxylation is 2. The van der Waals surface area contributed by atoms with Gasteiger partial charge < -0.3 is 19.5 Å². The van der Waals surface area contributed by atoms with E-state index in [-0.39, 0.29) is 5.91 Å². The van der Waals surface area contributed by atoms with E-state index in [1.165, 1.54) is 0 Å². The predicted octanol–water partition coefficient (Wildman–Crippen LogP) is 4.19. The number of carbonyl (C=O) groups is 1. The quantitative estimate of drug-likeness (QED) is 0.709. The van der Waals surface area contributed by atoms with Crippen LogP contribution in [0.4, 0.5) is 11.4 Å². The van der Waals surface area contributed by atoms with Gasteiger partial charge in [-0.3, -0.25) is 4.79 Å². The van der Waals surface area contributed by atoms with Gasteiger partial charge in [-0.1, -0.05) is 17.3 Å². The Morgan fingerprint density at radius 1 is 1.11 bits per heavy atom. The Bertz CT molecular complexity index is 911. The molecule has 0 unspecified atom stereocenters. The van der Waals surface area contributed by atoms with Crippen molar-refractivity contribution in [2.75, 3.05) is 24.3 Å². The van der Waals surface area contributed by atoms with Crippen LogP contribution in [-0.4, -0.2) is 25.2 Å². The van der Waals surface area contributed by atoms with Gasteiger partial charge in [0.15, 0.2) is 0 Å². The molecule has 1 amide bonds. The van der Waals surface area contributed by atoms with Crippen LogP contribution < -0.4 is 15.0 Å². The third-order valence-corrected chi connectivity index (χ3v) is 4.33. The van der Waals surface area contributed by atoms with E-state index in [4.69, 9.17) is 9.26 Å². The highest BCUT2D eigenvalue weighted by Gasteiger charge is 2.15. The highest BCUT2D eigenvalue weighted by Crippen LogP contribution is 2.23. The predicted molar refractivity (Wildman–Crippen MR) is 105 cm³/mol. The van der Waals surface area contributed by atoms with Gasteiger partial charge in [0.1, 0.15) is 18.1 Å². The number of hydrogen-bond acceptors (Lipinski definition) is 5. The number of nitrogens with one attached hydrogen (secondary N) is 1. The van der Waals surface area contributed by atoms with Gasteiger partial charge in [0.2, 0.25) is 0 Å². The van der Waals surface area contributed by atoms with Crippen molar-refractivity contribution in [1.29, 1.82) is 0 Å². The molecule has 6 heteroatoms. The Kier molecular flexibility index (Phi) is 5.45. The first-order valence-electron chi connectivity index (χ1n) is 8.68. The van der Waals surface area contributed by atoms with E-state index in [0.717, 1.165) is 28.4 Å². The number of para-hydroxylation sites is 1. The lowest BCUT2D eigenvalue weighted by atomic mass is 10.1. The summed E-state index contributed by atoms with van der Waals surface area (Å²) < 4.78 is 11.0. The van der Waals surface area contributed by atoms with Crippen molar-refractivity contribution < 1.29 is 14.1 Å². The molecule has 0 aliphatic carbocycles. The highest BCUT2D eigenvalue weighted by molar-refractivity contribution is 6.06. The number of hydrogen-bond donors (Lipinski definition) is 1. The van der Waals surface area contributed by atoms with Crippen molar-refractivity contribution >= 4 is 17.3 Å². The largest absolute Gasteiger partial charge is 0.488 e. The molecular weight excluding hydrogens is 342 g/mol.